The summed E-state index contributed by atoms with van der Waals surface area (Å²) in [5.74, 6) is -0.230. The number of carbonyl (C=O) groups is 2. The van der Waals surface area contributed by atoms with Crippen LogP contribution in [0.4, 0.5) is 4.79 Å². The monoisotopic (exact) mass is 421 g/mol. The Morgan fingerprint density at radius 3 is 2.25 bits per heavy atom. The minimum absolute atomic E-state index is 0.165. The highest BCUT2D eigenvalue weighted by Crippen LogP contribution is 2.25. The lowest BCUT2D eigenvalue weighted by atomic mass is 9.99. The molecule has 0 saturated carbocycles. The van der Waals surface area contributed by atoms with Crippen LogP contribution in [0.5, 0.6) is 0 Å². The average Bonchev–Trinajstić information content (AvgIpc) is 3.19. The smallest absolute Gasteiger partial charge is 0.416 e. The number of fused-ring (bicyclic) bond motifs is 1. The molecule has 0 unspecified atom stereocenters. The molecular weight excluding hydrogens is 398 g/mol. The third-order valence-electron chi connectivity index (χ3n) is 5.94. The largest absolute Gasteiger partial charge is 0.447 e. The predicted molar refractivity (Wildman–Crippen MR) is 125 cm³/mol. The fourth-order valence-electron chi connectivity index (χ4n) is 4.25. The van der Waals surface area contributed by atoms with Crippen LogP contribution < -0.4 is 0 Å². The highest BCUT2D eigenvalue weighted by molar-refractivity contribution is 5.94. The molecule has 1 aliphatic rings. The average molecular weight is 421 g/mol. The van der Waals surface area contributed by atoms with Crippen molar-refractivity contribution >= 4 is 22.8 Å². The number of ether oxygens (including phenoxy) is 1. The van der Waals surface area contributed by atoms with Gasteiger partial charge in [-0.2, -0.15) is 0 Å². The summed E-state index contributed by atoms with van der Waals surface area (Å²) in [5, 5.41) is 2.40. The van der Waals surface area contributed by atoms with Gasteiger partial charge in [-0.25, -0.2) is 9.69 Å². The SMILES string of the molecule is O=C(Cc1ccc(-c2ccc3ccccc3c2)cc1)N1C(=O)OC[C@@H]1Cc1ccccc1. The quantitative estimate of drug-likeness (QED) is 0.419. The van der Waals surface area contributed by atoms with Crippen LogP contribution in [0.25, 0.3) is 21.9 Å². The van der Waals surface area contributed by atoms with Crippen molar-refractivity contribution < 1.29 is 14.3 Å². The zero-order valence-corrected chi connectivity index (χ0v) is 17.6. The lowest BCUT2D eigenvalue weighted by molar-refractivity contribution is -0.128. The molecule has 0 N–H and O–H groups in total. The van der Waals surface area contributed by atoms with Crippen LogP contribution in [0.2, 0.25) is 0 Å². The van der Waals surface area contributed by atoms with E-state index >= 15 is 0 Å². The number of imide groups is 1. The maximum absolute atomic E-state index is 13.0. The van der Waals surface area contributed by atoms with Crippen molar-refractivity contribution in [2.75, 3.05) is 6.61 Å². The summed E-state index contributed by atoms with van der Waals surface area (Å²) in [4.78, 5) is 26.5. The summed E-state index contributed by atoms with van der Waals surface area (Å²) in [5.41, 5.74) is 4.17. The van der Waals surface area contributed by atoms with E-state index < -0.39 is 6.09 Å². The van der Waals surface area contributed by atoms with Crippen molar-refractivity contribution in [3.05, 3.63) is 108 Å². The van der Waals surface area contributed by atoms with Crippen LogP contribution in [-0.2, 0) is 22.4 Å². The van der Waals surface area contributed by atoms with Gasteiger partial charge < -0.3 is 4.74 Å². The van der Waals surface area contributed by atoms with E-state index in [0.717, 1.165) is 22.3 Å². The minimum atomic E-state index is -0.552. The number of hydrogen-bond acceptors (Lipinski definition) is 3. The molecule has 4 aromatic rings. The van der Waals surface area contributed by atoms with E-state index in [2.05, 4.69) is 30.3 Å². The molecule has 4 heteroatoms. The normalized spacial score (nSPS) is 15.7. The van der Waals surface area contributed by atoms with Gasteiger partial charge in [0.05, 0.1) is 12.5 Å². The first-order chi connectivity index (χ1) is 15.7. The zero-order valence-electron chi connectivity index (χ0n) is 17.6. The molecule has 0 spiro atoms. The summed E-state index contributed by atoms with van der Waals surface area (Å²) >= 11 is 0. The number of carbonyl (C=O) groups excluding carboxylic acids is 2. The van der Waals surface area contributed by atoms with Gasteiger partial charge in [0, 0.05) is 0 Å². The molecule has 1 heterocycles. The molecule has 1 fully saturated rings. The van der Waals surface area contributed by atoms with Crippen LogP contribution in [0.3, 0.4) is 0 Å². The zero-order chi connectivity index (χ0) is 21.9. The number of hydrogen-bond donors (Lipinski definition) is 0. The lowest BCUT2D eigenvalue weighted by Gasteiger charge is -2.19. The number of amides is 2. The highest BCUT2D eigenvalue weighted by Gasteiger charge is 2.37. The van der Waals surface area contributed by atoms with Gasteiger partial charge >= 0.3 is 6.09 Å². The van der Waals surface area contributed by atoms with E-state index in [4.69, 9.17) is 4.74 Å². The number of benzene rings is 4. The number of nitrogens with zero attached hydrogens (tertiary/aromatic N) is 1. The molecule has 158 valence electrons. The standard InChI is InChI=1S/C28H23NO3/c30-27(29-26(19-32-28(29)31)16-20-6-2-1-3-7-20)17-21-10-12-23(13-11-21)25-15-14-22-8-4-5-9-24(22)18-25/h1-15,18,26H,16-17,19H2/t26-/m0/s1. The van der Waals surface area contributed by atoms with Gasteiger partial charge in [0.15, 0.2) is 0 Å². The second-order valence-corrected chi connectivity index (χ2v) is 8.12. The van der Waals surface area contributed by atoms with E-state index in [0.29, 0.717) is 6.42 Å². The van der Waals surface area contributed by atoms with Gasteiger partial charge in [-0.05, 0) is 45.5 Å². The third-order valence-corrected chi connectivity index (χ3v) is 5.94. The molecular formula is C28H23NO3. The summed E-state index contributed by atoms with van der Waals surface area (Å²) in [7, 11) is 0. The van der Waals surface area contributed by atoms with Gasteiger partial charge in [0.2, 0.25) is 5.91 Å². The molecule has 4 nitrogen and oxygen atoms in total. The van der Waals surface area contributed by atoms with Crippen molar-refractivity contribution in [1.29, 1.82) is 0 Å². The van der Waals surface area contributed by atoms with E-state index in [1.54, 1.807) is 0 Å². The second-order valence-electron chi connectivity index (χ2n) is 8.12. The van der Waals surface area contributed by atoms with E-state index in [-0.39, 0.29) is 25.0 Å². The van der Waals surface area contributed by atoms with Crippen LogP contribution in [0.15, 0.2) is 97.1 Å². The fourth-order valence-corrected chi connectivity index (χ4v) is 4.25. The van der Waals surface area contributed by atoms with Gasteiger partial charge in [-0.3, -0.25) is 4.79 Å². The molecule has 0 aromatic heterocycles. The van der Waals surface area contributed by atoms with Crippen molar-refractivity contribution in [3.8, 4) is 11.1 Å². The molecule has 2 amide bonds. The molecule has 32 heavy (non-hydrogen) atoms. The summed E-state index contributed by atoms with van der Waals surface area (Å²) < 4.78 is 5.19. The van der Waals surface area contributed by atoms with Crippen molar-refractivity contribution in [3.63, 3.8) is 0 Å². The van der Waals surface area contributed by atoms with Crippen LogP contribution >= 0.6 is 0 Å². The third kappa shape index (κ3) is 4.12. The molecule has 4 aromatic carbocycles. The molecule has 1 aliphatic heterocycles. The summed E-state index contributed by atoms with van der Waals surface area (Å²) in [6, 6.07) is 32.2. The van der Waals surface area contributed by atoms with Gasteiger partial charge in [0.25, 0.3) is 0 Å². The minimum Gasteiger partial charge on any atom is -0.447 e. The first-order valence-electron chi connectivity index (χ1n) is 10.8. The summed E-state index contributed by atoms with van der Waals surface area (Å²) in [6.07, 6.45) is 0.209. The molecule has 5 rings (SSSR count). The van der Waals surface area contributed by atoms with Gasteiger partial charge in [-0.1, -0.05) is 91.0 Å². The first-order valence-corrected chi connectivity index (χ1v) is 10.8. The van der Waals surface area contributed by atoms with E-state index in [9.17, 15) is 9.59 Å². The van der Waals surface area contributed by atoms with Gasteiger partial charge in [0.1, 0.15) is 6.61 Å². The Balaban J connectivity index is 1.30. The maximum Gasteiger partial charge on any atom is 0.416 e. The van der Waals surface area contributed by atoms with E-state index in [1.807, 2.05) is 66.7 Å². The Labute approximate surface area is 187 Å². The Kier molecular flexibility index (Phi) is 5.42. The molecule has 0 radical (unpaired) electrons. The number of rotatable bonds is 5. The van der Waals surface area contributed by atoms with Crippen LogP contribution in [-0.4, -0.2) is 29.5 Å². The fraction of sp³-hybridized carbons (Fsp3) is 0.143. The molecule has 1 saturated heterocycles. The second kappa shape index (κ2) is 8.67. The number of cyclic esters (lactones) is 1. The Hall–Kier alpha value is -3.92. The highest BCUT2D eigenvalue weighted by atomic mass is 16.6. The van der Waals surface area contributed by atoms with Crippen molar-refractivity contribution in [2.24, 2.45) is 0 Å². The Morgan fingerprint density at radius 2 is 1.47 bits per heavy atom. The van der Waals surface area contributed by atoms with Gasteiger partial charge in [-0.15, -0.1) is 0 Å². The van der Waals surface area contributed by atoms with Crippen molar-refractivity contribution in [2.45, 2.75) is 18.9 Å². The Bertz CT molecular complexity index is 1260. The Morgan fingerprint density at radius 1 is 0.781 bits per heavy atom. The molecule has 0 aliphatic carbocycles. The molecule has 1 atom stereocenters. The van der Waals surface area contributed by atoms with Crippen LogP contribution in [0, 0.1) is 0 Å². The van der Waals surface area contributed by atoms with Crippen molar-refractivity contribution in [1.82, 2.24) is 4.90 Å². The molecule has 0 bridgehead atoms. The van der Waals surface area contributed by atoms with E-state index in [1.165, 1.54) is 15.7 Å². The lowest BCUT2D eigenvalue weighted by Crippen LogP contribution is -2.41. The first kappa shape index (κ1) is 20.0. The van der Waals surface area contributed by atoms with Crippen LogP contribution in [0.1, 0.15) is 11.1 Å². The summed E-state index contributed by atoms with van der Waals surface area (Å²) in [6.45, 7) is 0.236. The topological polar surface area (TPSA) is 46.6 Å². The maximum atomic E-state index is 13.0. The predicted octanol–water partition coefficient (Wildman–Crippen LogP) is 5.64.